The molecular weight excluding hydrogens is 338 g/mol. The van der Waals surface area contributed by atoms with Gasteiger partial charge in [-0.05, 0) is 13.0 Å². The summed E-state index contributed by atoms with van der Waals surface area (Å²) in [5, 5.41) is 2.67. The second kappa shape index (κ2) is 10.3. The van der Waals surface area contributed by atoms with E-state index in [4.69, 9.17) is 15.2 Å². The van der Waals surface area contributed by atoms with Gasteiger partial charge in [0.15, 0.2) is 5.78 Å². The van der Waals surface area contributed by atoms with Gasteiger partial charge in [0.2, 0.25) is 5.91 Å². The number of anilines is 3. The van der Waals surface area contributed by atoms with Crippen LogP contribution in [0, 0.1) is 0 Å². The first-order valence-electron chi connectivity index (χ1n) is 8.49. The van der Waals surface area contributed by atoms with Crippen molar-refractivity contribution in [3.63, 3.8) is 0 Å². The van der Waals surface area contributed by atoms with Gasteiger partial charge in [-0.15, -0.1) is 0 Å². The Labute approximate surface area is 153 Å². The van der Waals surface area contributed by atoms with E-state index >= 15 is 0 Å². The summed E-state index contributed by atoms with van der Waals surface area (Å²) in [6.45, 7) is 5.82. The molecule has 3 N–H and O–H groups in total. The predicted octanol–water partition coefficient (Wildman–Crippen LogP) is 1.97. The number of hydrogen-bond acceptors (Lipinski definition) is 7. The Kier molecular flexibility index (Phi) is 8.41. The average molecular weight is 365 g/mol. The summed E-state index contributed by atoms with van der Waals surface area (Å²) in [5.74, 6) is -0.263. The largest absolute Gasteiger partial charge is 0.495 e. The lowest BCUT2D eigenvalue weighted by Crippen LogP contribution is -2.27. The van der Waals surface area contributed by atoms with Crippen molar-refractivity contribution in [3.8, 4) is 5.75 Å². The third-order valence-electron chi connectivity index (χ3n) is 3.76. The summed E-state index contributed by atoms with van der Waals surface area (Å²) in [5.41, 5.74) is 7.50. The fraction of sp³-hybridized carbons (Fsp3) is 0.500. The van der Waals surface area contributed by atoms with Gasteiger partial charge in [0.05, 0.1) is 30.6 Å². The molecule has 144 valence electrons. The van der Waals surface area contributed by atoms with Crippen molar-refractivity contribution < 1.29 is 23.9 Å². The lowest BCUT2D eigenvalue weighted by molar-refractivity contribution is -0.147. The molecule has 1 amide bonds. The standard InChI is InChI=1S/C18H27N3O5/c1-5-13(23)11-26-18(24)7-8-21(6-2)16-10-15(20-12(3)22)14(19)9-17(16)25-4/h9-10H,5-8,11,19H2,1-4H3,(H,20,22). The number of carbonyl (C=O) groups is 3. The molecule has 0 atom stereocenters. The summed E-state index contributed by atoms with van der Waals surface area (Å²) in [6.07, 6.45) is 0.455. The monoisotopic (exact) mass is 365 g/mol. The van der Waals surface area contributed by atoms with Gasteiger partial charge in [-0.25, -0.2) is 0 Å². The normalized spacial score (nSPS) is 10.2. The number of ether oxygens (including phenoxy) is 2. The van der Waals surface area contributed by atoms with Crippen LogP contribution >= 0.6 is 0 Å². The van der Waals surface area contributed by atoms with Gasteiger partial charge in [-0.1, -0.05) is 6.92 Å². The second-order valence-corrected chi connectivity index (χ2v) is 5.68. The molecule has 0 aliphatic heterocycles. The van der Waals surface area contributed by atoms with Gasteiger partial charge in [-0.3, -0.25) is 14.4 Å². The van der Waals surface area contributed by atoms with Crippen molar-refractivity contribution in [3.05, 3.63) is 12.1 Å². The Morgan fingerprint density at radius 1 is 1.23 bits per heavy atom. The van der Waals surface area contributed by atoms with Crippen LogP contribution in [0.15, 0.2) is 12.1 Å². The van der Waals surface area contributed by atoms with E-state index < -0.39 is 5.97 Å². The molecule has 1 rings (SSSR count). The summed E-state index contributed by atoms with van der Waals surface area (Å²) in [4.78, 5) is 36.3. The van der Waals surface area contributed by atoms with Crippen LogP contribution in [0.4, 0.5) is 17.1 Å². The van der Waals surface area contributed by atoms with Crippen molar-refractivity contribution >= 4 is 34.7 Å². The minimum absolute atomic E-state index is 0.119. The zero-order chi connectivity index (χ0) is 19.7. The lowest BCUT2D eigenvalue weighted by Gasteiger charge is -2.26. The molecule has 0 aliphatic carbocycles. The van der Waals surface area contributed by atoms with Crippen molar-refractivity contribution in [2.75, 3.05) is 42.8 Å². The van der Waals surface area contributed by atoms with Crippen LogP contribution in [0.2, 0.25) is 0 Å². The van der Waals surface area contributed by atoms with E-state index in [1.165, 1.54) is 14.0 Å². The number of Topliss-reactive ketones (excluding diaryl/α,β-unsaturated/α-hetero) is 1. The molecule has 0 radical (unpaired) electrons. The van der Waals surface area contributed by atoms with Crippen molar-refractivity contribution in [2.45, 2.75) is 33.6 Å². The Hall–Kier alpha value is -2.77. The molecule has 0 bridgehead atoms. The maximum Gasteiger partial charge on any atom is 0.308 e. The minimum Gasteiger partial charge on any atom is -0.495 e. The van der Waals surface area contributed by atoms with Crippen LogP contribution < -0.4 is 20.7 Å². The number of amides is 1. The Balaban J connectivity index is 2.89. The number of rotatable bonds is 10. The SMILES string of the molecule is CCC(=O)COC(=O)CCN(CC)c1cc(NC(C)=O)c(N)cc1OC. The van der Waals surface area contributed by atoms with E-state index in [1.54, 1.807) is 19.1 Å². The van der Waals surface area contributed by atoms with Crippen molar-refractivity contribution in [2.24, 2.45) is 0 Å². The molecule has 0 aromatic heterocycles. The van der Waals surface area contributed by atoms with Gasteiger partial charge >= 0.3 is 5.97 Å². The van der Waals surface area contributed by atoms with E-state index in [0.717, 1.165) is 0 Å². The zero-order valence-electron chi connectivity index (χ0n) is 15.8. The van der Waals surface area contributed by atoms with Gasteiger partial charge in [0.25, 0.3) is 0 Å². The average Bonchev–Trinajstić information content (AvgIpc) is 2.61. The first-order valence-corrected chi connectivity index (χ1v) is 8.49. The number of nitrogens with zero attached hydrogens (tertiary/aromatic N) is 1. The first kappa shape index (κ1) is 21.3. The predicted molar refractivity (Wildman–Crippen MR) is 100 cm³/mol. The molecular formula is C18H27N3O5. The third kappa shape index (κ3) is 6.27. The van der Waals surface area contributed by atoms with E-state index in [0.29, 0.717) is 42.3 Å². The second-order valence-electron chi connectivity index (χ2n) is 5.68. The van der Waals surface area contributed by atoms with Gasteiger partial charge in [0, 0.05) is 32.5 Å². The van der Waals surface area contributed by atoms with E-state index in [2.05, 4.69) is 5.32 Å². The zero-order valence-corrected chi connectivity index (χ0v) is 15.8. The Bertz CT molecular complexity index is 660. The lowest BCUT2D eigenvalue weighted by atomic mass is 10.2. The van der Waals surface area contributed by atoms with Crippen molar-refractivity contribution in [1.29, 1.82) is 0 Å². The molecule has 1 aromatic rings. The van der Waals surface area contributed by atoms with Gasteiger partial charge in [0.1, 0.15) is 12.4 Å². The summed E-state index contributed by atoms with van der Waals surface area (Å²) >= 11 is 0. The number of nitrogens with one attached hydrogen (secondary N) is 1. The number of esters is 1. The van der Waals surface area contributed by atoms with Crippen LogP contribution in [-0.4, -0.2) is 44.5 Å². The number of ketones is 1. The van der Waals surface area contributed by atoms with Gasteiger partial charge < -0.3 is 25.4 Å². The molecule has 26 heavy (non-hydrogen) atoms. The molecule has 0 unspecified atom stereocenters. The minimum atomic E-state index is -0.443. The number of hydrogen-bond donors (Lipinski definition) is 2. The molecule has 8 nitrogen and oxygen atoms in total. The Morgan fingerprint density at radius 2 is 1.92 bits per heavy atom. The topological polar surface area (TPSA) is 111 Å². The van der Waals surface area contributed by atoms with Crippen LogP contribution in [0.1, 0.15) is 33.6 Å². The maximum atomic E-state index is 11.8. The molecule has 1 aromatic carbocycles. The smallest absolute Gasteiger partial charge is 0.308 e. The molecule has 0 fully saturated rings. The number of methoxy groups -OCH3 is 1. The highest BCUT2D eigenvalue weighted by Gasteiger charge is 2.16. The summed E-state index contributed by atoms with van der Waals surface area (Å²) < 4.78 is 10.3. The van der Waals surface area contributed by atoms with Gasteiger partial charge in [-0.2, -0.15) is 0 Å². The fourth-order valence-electron chi connectivity index (χ4n) is 2.30. The van der Waals surface area contributed by atoms with E-state index in [9.17, 15) is 14.4 Å². The quantitative estimate of drug-likeness (QED) is 0.482. The number of carbonyl (C=O) groups excluding carboxylic acids is 3. The van der Waals surface area contributed by atoms with Crippen LogP contribution in [0.5, 0.6) is 5.75 Å². The highest BCUT2D eigenvalue weighted by molar-refractivity contribution is 5.94. The van der Waals surface area contributed by atoms with E-state index in [1.807, 2.05) is 11.8 Å². The Morgan fingerprint density at radius 3 is 2.46 bits per heavy atom. The maximum absolute atomic E-state index is 11.8. The fourth-order valence-corrected chi connectivity index (χ4v) is 2.30. The molecule has 8 heteroatoms. The van der Waals surface area contributed by atoms with Crippen LogP contribution in [0.25, 0.3) is 0 Å². The van der Waals surface area contributed by atoms with E-state index in [-0.39, 0.29) is 24.7 Å². The number of nitrogen functional groups attached to an aromatic ring is 1. The summed E-state index contributed by atoms with van der Waals surface area (Å²) in [6, 6.07) is 3.34. The molecule has 0 saturated carbocycles. The van der Waals surface area contributed by atoms with Crippen LogP contribution in [0.3, 0.4) is 0 Å². The molecule has 0 saturated heterocycles. The summed E-state index contributed by atoms with van der Waals surface area (Å²) in [7, 11) is 1.52. The highest BCUT2D eigenvalue weighted by atomic mass is 16.5. The highest BCUT2D eigenvalue weighted by Crippen LogP contribution is 2.35. The molecule has 0 heterocycles. The van der Waals surface area contributed by atoms with Crippen LogP contribution in [-0.2, 0) is 19.1 Å². The number of benzene rings is 1. The number of nitrogens with two attached hydrogens (primary N) is 1. The third-order valence-corrected chi connectivity index (χ3v) is 3.76. The molecule has 0 spiro atoms. The molecule has 0 aliphatic rings. The first-order chi connectivity index (χ1) is 12.3. The van der Waals surface area contributed by atoms with Crippen molar-refractivity contribution in [1.82, 2.24) is 0 Å².